The van der Waals surface area contributed by atoms with E-state index in [9.17, 15) is 22.0 Å². The van der Waals surface area contributed by atoms with Gasteiger partial charge in [-0.3, -0.25) is 0 Å². The zero-order valence-electron chi connectivity index (χ0n) is 22.5. The Kier molecular flexibility index (Phi) is 9.87. The molecule has 1 fully saturated rings. The summed E-state index contributed by atoms with van der Waals surface area (Å²) in [5.74, 6) is -4.49. The van der Waals surface area contributed by atoms with Gasteiger partial charge in [-0.15, -0.1) is 0 Å². The largest absolute Gasteiger partial charge is 0.491 e. The number of benzene rings is 3. The lowest BCUT2D eigenvalue weighted by Gasteiger charge is -2.29. The van der Waals surface area contributed by atoms with Gasteiger partial charge in [-0.1, -0.05) is 31.5 Å². The SMILES string of the molecule is CCCCOc1ccc(C2CCC(CCc3ccc(-c4ccc(OCC)c(F)c4F)c(F)c3)CC2)c(F)c1F. The molecule has 3 aromatic carbocycles. The van der Waals surface area contributed by atoms with Gasteiger partial charge in [0.05, 0.1) is 13.2 Å². The van der Waals surface area contributed by atoms with E-state index in [2.05, 4.69) is 0 Å². The molecule has 0 bridgehead atoms. The Bertz CT molecular complexity index is 1270. The lowest BCUT2D eigenvalue weighted by atomic mass is 9.76. The Morgan fingerprint density at radius 2 is 1.38 bits per heavy atom. The third kappa shape index (κ3) is 6.74. The summed E-state index contributed by atoms with van der Waals surface area (Å²) >= 11 is 0. The minimum absolute atomic E-state index is 0.00486. The number of unbranched alkanes of at least 4 members (excludes halogenated alkanes) is 1. The van der Waals surface area contributed by atoms with E-state index in [0.29, 0.717) is 24.5 Å². The van der Waals surface area contributed by atoms with E-state index < -0.39 is 29.1 Å². The molecule has 4 rings (SSSR count). The maximum atomic E-state index is 14.9. The van der Waals surface area contributed by atoms with Crippen molar-refractivity contribution in [1.82, 2.24) is 0 Å². The van der Waals surface area contributed by atoms with Crippen LogP contribution in [-0.2, 0) is 6.42 Å². The summed E-state index contributed by atoms with van der Waals surface area (Å²) in [4.78, 5) is 0. The highest BCUT2D eigenvalue weighted by Crippen LogP contribution is 2.40. The third-order valence-electron chi connectivity index (χ3n) is 7.63. The first-order valence-corrected chi connectivity index (χ1v) is 13.8. The van der Waals surface area contributed by atoms with E-state index in [1.165, 1.54) is 30.3 Å². The molecule has 1 aliphatic rings. The Morgan fingerprint density at radius 1 is 0.718 bits per heavy atom. The van der Waals surface area contributed by atoms with Gasteiger partial charge in [-0.05, 0) is 99.1 Å². The van der Waals surface area contributed by atoms with Crippen LogP contribution >= 0.6 is 0 Å². The maximum absolute atomic E-state index is 14.9. The highest BCUT2D eigenvalue weighted by molar-refractivity contribution is 5.66. The summed E-state index contributed by atoms with van der Waals surface area (Å²) in [5, 5.41) is 0. The molecule has 0 aliphatic heterocycles. The van der Waals surface area contributed by atoms with Gasteiger partial charge >= 0.3 is 0 Å². The molecule has 0 heterocycles. The molecule has 0 aromatic heterocycles. The summed E-state index contributed by atoms with van der Waals surface area (Å²) in [6, 6.07) is 10.4. The van der Waals surface area contributed by atoms with Crippen LogP contribution < -0.4 is 9.47 Å². The van der Waals surface area contributed by atoms with Crippen molar-refractivity contribution in [3.63, 3.8) is 0 Å². The highest BCUT2D eigenvalue weighted by Gasteiger charge is 2.27. The Balaban J connectivity index is 1.33. The van der Waals surface area contributed by atoms with Crippen molar-refractivity contribution in [1.29, 1.82) is 0 Å². The van der Waals surface area contributed by atoms with E-state index >= 15 is 0 Å². The highest BCUT2D eigenvalue weighted by atomic mass is 19.2. The molecule has 210 valence electrons. The van der Waals surface area contributed by atoms with Gasteiger partial charge in [0.1, 0.15) is 5.82 Å². The molecular formula is C32H35F5O2. The second-order valence-corrected chi connectivity index (χ2v) is 10.2. The third-order valence-corrected chi connectivity index (χ3v) is 7.63. The van der Waals surface area contributed by atoms with Crippen LogP contribution in [0.5, 0.6) is 11.5 Å². The van der Waals surface area contributed by atoms with E-state index in [-0.39, 0.29) is 35.2 Å². The average Bonchev–Trinajstić information content (AvgIpc) is 2.94. The van der Waals surface area contributed by atoms with Crippen LogP contribution in [0.4, 0.5) is 22.0 Å². The van der Waals surface area contributed by atoms with Crippen LogP contribution in [0.1, 0.15) is 75.8 Å². The number of ether oxygens (including phenoxy) is 2. The summed E-state index contributed by atoms with van der Waals surface area (Å²) in [6.45, 7) is 4.22. The molecule has 1 aliphatic carbocycles. The first-order valence-electron chi connectivity index (χ1n) is 13.8. The lowest BCUT2D eigenvalue weighted by molar-refractivity contribution is 0.283. The van der Waals surface area contributed by atoms with Crippen LogP contribution in [0.15, 0.2) is 42.5 Å². The van der Waals surface area contributed by atoms with Gasteiger partial charge in [0.2, 0.25) is 11.6 Å². The van der Waals surface area contributed by atoms with Crippen molar-refractivity contribution in [2.24, 2.45) is 5.92 Å². The zero-order chi connectivity index (χ0) is 27.9. The van der Waals surface area contributed by atoms with Gasteiger partial charge in [-0.2, -0.15) is 8.78 Å². The predicted octanol–water partition coefficient (Wildman–Crippen LogP) is 9.53. The summed E-state index contributed by atoms with van der Waals surface area (Å²) in [7, 11) is 0. The molecule has 39 heavy (non-hydrogen) atoms. The summed E-state index contributed by atoms with van der Waals surface area (Å²) in [5.41, 5.74) is 1.03. The first-order chi connectivity index (χ1) is 18.8. The van der Waals surface area contributed by atoms with Crippen LogP contribution in [0.3, 0.4) is 0 Å². The normalized spacial score (nSPS) is 17.3. The maximum Gasteiger partial charge on any atom is 0.201 e. The molecule has 3 aromatic rings. The van der Waals surface area contributed by atoms with E-state index in [1.807, 2.05) is 6.92 Å². The second-order valence-electron chi connectivity index (χ2n) is 10.2. The zero-order valence-corrected chi connectivity index (χ0v) is 22.5. The fourth-order valence-electron chi connectivity index (χ4n) is 5.37. The minimum Gasteiger partial charge on any atom is -0.491 e. The Morgan fingerprint density at radius 3 is 2.08 bits per heavy atom. The van der Waals surface area contributed by atoms with Gasteiger partial charge in [-0.25, -0.2) is 13.2 Å². The molecule has 0 amide bonds. The number of hydrogen-bond donors (Lipinski definition) is 0. The Labute approximate surface area is 227 Å². The first kappa shape index (κ1) is 28.9. The summed E-state index contributed by atoms with van der Waals surface area (Å²) in [6.07, 6.45) is 6.43. The Hall–Kier alpha value is -3.09. The van der Waals surface area contributed by atoms with E-state index in [1.54, 1.807) is 19.1 Å². The fraction of sp³-hybridized carbons (Fsp3) is 0.438. The van der Waals surface area contributed by atoms with Crippen molar-refractivity contribution in [3.05, 3.63) is 82.7 Å². The topological polar surface area (TPSA) is 18.5 Å². The molecule has 2 nitrogen and oxygen atoms in total. The smallest absolute Gasteiger partial charge is 0.201 e. The van der Waals surface area contributed by atoms with Crippen LogP contribution in [-0.4, -0.2) is 13.2 Å². The molecule has 0 N–H and O–H groups in total. The summed E-state index contributed by atoms with van der Waals surface area (Å²) < 4.78 is 83.4. The van der Waals surface area contributed by atoms with E-state index in [0.717, 1.165) is 50.5 Å². The minimum atomic E-state index is -1.14. The number of rotatable bonds is 11. The molecule has 0 atom stereocenters. The quantitative estimate of drug-likeness (QED) is 0.176. The van der Waals surface area contributed by atoms with Crippen molar-refractivity contribution in [2.75, 3.05) is 13.2 Å². The molecule has 0 saturated heterocycles. The van der Waals surface area contributed by atoms with Gasteiger partial charge in [0.25, 0.3) is 0 Å². The van der Waals surface area contributed by atoms with Crippen molar-refractivity contribution in [2.45, 2.75) is 71.1 Å². The van der Waals surface area contributed by atoms with Crippen molar-refractivity contribution >= 4 is 0 Å². The average molecular weight is 547 g/mol. The molecular weight excluding hydrogens is 511 g/mol. The second kappa shape index (κ2) is 13.3. The molecule has 1 saturated carbocycles. The van der Waals surface area contributed by atoms with Gasteiger partial charge in [0.15, 0.2) is 23.1 Å². The van der Waals surface area contributed by atoms with Crippen molar-refractivity contribution < 1.29 is 31.4 Å². The number of halogens is 5. The lowest BCUT2D eigenvalue weighted by Crippen LogP contribution is -2.15. The van der Waals surface area contributed by atoms with Crippen LogP contribution in [0, 0.1) is 35.0 Å². The monoisotopic (exact) mass is 546 g/mol. The van der Waals surface area contributed by atoms with Gasteiger partial charge in [0, 0.05) is 11.1 Å². The molecule has 7 heteroatoms. The molecule has 0 unspecified atom stereocenters. The molecule has 0 radical (unpaired) electrons. The van der Waals surface area contributed by atoms with Crippen LogP contribution in [0.25, 0.3) is 11.1 Å². The standard InChI is InChI=1S/C32H35F5O2/c1-3-5-18-39-28-16-14-23(29(34)32(28)37)22-11-8-20(9-12-22)6-7-21-10-13-24(26(33)19-21)25-15-17-27(38-4-2)31(36)30(25)35/h10,13-17,19-20,22H,3-9,11-12,18H2,1-2H3. The van der Waals surface area contributed by atoms with Gasteiger partial charge < -0.3 is 9.47 Å². The molecule has 0 spiro atoms. The fourth-order valence-corrected chi connectivity index (χ4v) is 5.37. The van der Waals surface area contributed by atoms with E-state index in [4.69, 9.17) is 9.47 Å². The number of aryl methyl sites for hydroxylation is 1. The number of hydrogen-bond acceptors (Lipinski definition) is 2. The van der Waals surface area contributed by atoms with Crippen molar-refractivity contribution in [3.8, 4) is 22.6 Å². The van der Waals surface area contributed by atoms with Crippen LogP contribution in [0.2, 0.25) is 0 Å². The predicted molar refractivity (Wildman–Crippen MR) is 143 cm³/mol.